The number of aromatic nitrogens is 1. The van der Waals surface area contributed by atoms with Crippen molar-refractivity contribution in [3.05, 3.63) is 11.1 Å². The zero-order valence-electron chi connectivity index (χ0n) is 8.79. The molecule has 0 bridgehead atoms. The topological polar surface area (TPSA) is 28.2 Å². The fourth-order valence-electron chi connectivity index (χ4n) is 0.922. The van der Waals surface area contributed by atoms with Crippen molar-refractivity contribution in [3.8, 4) is 11.8 Å². The molecule has 0 radical (unpaired) electrons. The lowest BCUT2D eigenvalue weighted by Crippen LogP contribution is -2.12. The monoisotopic (exact) mass is 209 g/mol. The van der Waals surface area contributed by atoms with E-state index >= 15 is 0 Å². The van der Waals surface area contributed by atoms with Gasteiger partial charge in [0.25, 0.3) is 0 Å². The van der Waals surface area contributed by atoms with Gasteiger partial charge in [-0.25, -0.2) is 4.98 Å². The molecule has 0 spiro atoms. The molecule has 1 rings (SSSR count). The van der Waals surface area contributed by atoms with Crippen molar-refractivity contribution in [2.75, 3.05) is 25.5 Å². The van der Waals surface area contributed by atoms with Gasteiger partial charge >= 0.3 is 0 Å². The smallest absolute Gasteiger partial charge is 0.185 e. The van der Waals surface area contributed by atoms with Crippen LogP contribution < -0.4 is 10.2 Å². The van der Waals surface area contributed by atoms with E-state index in [0.717, 1.165) is 18.2 Å². The first-order valence-electron chi connectivity index (χ1n) is 4.46. The highest BCUT2D eigenvalue weighted by Gasteiger charge is 2.01. The Kier molecular flexibility index (Phi) is 4.44. The second kappa shape index (κ2) is 5.63. The summed E-state index contributed by atoms with van der Waals surface area (Å²) in [6.07, 6.45) is 1.91. The highest BCUT2D eigenvalue weighted by atomic mass is 32.1. The molecule has 0 fully saturated rings. The minimum absolute atomic E-state index is 0.742. The van der Waals surface area contributed by atoms with Crippen molar-refractivity contribution >= 4 is 16.5 Å². The van der Waals surface area contributed by atoms with Gasteiger partial charge in [0.2, 0.25) is 0 Å². The van der Waals surface area contributed by atoms with Crippen LogP contribution in [0.4, 0.5) is 5.13 Å². The van der Waals surface area contributed by atoms with Crippen LogP contribution in [0.5, 0.6) is 0 Å². The summed E-state index contributed by atoms with van der Waals surface area (Å²) in [4.78, 5) is 7.54. The number of nitrogens with one attached hydrogen (secondary N) is 1. The first-order valence-corrected chi connectivity index (χ1v) is 5.28. The number of hydrogen-bond donors (Lipinski definition) is 1. The highest BCUT2D eigenvalue weighted by molar-refractivity contribution is 7.15. The molecule has 76 valence electrons. The van der Waals surface area contributed by atoms with Crippen molar-refractivity contribution in [2.45, 2.75) is 13.5 Å². The molecule has 1 N–H and O–H groups in total. The van der Waals surface area contributed by atoms with E-state index < -0.39 is 0 Å². The predicted molar refractivity (Wildman–Crippen MR) is 61.6 cm³/mol. The molecule has 0 aliphatic heterocycles. The normalized spacial score (nSPS) is 9.36. The molecule has 14 heavy (non-hydrogen) atoms. The number of rotatable bonds is 4. The maximum Gasteiger partial charge on any atom is 0.185 e. The van der Waals surface area contributed by atoms with Gasteiger partial charge in [-0.2, -0.15) is 0 Å². The molecule has 1 aromatic rings. The van der Waals surface area contributed by atoms with Crippen LogP contribution in [0.15, 0.2) is 6.20 Å². The van der Waals surface area contributed by atoms with Crippen molar-refractivity contribution in [1.82, 2.24) is 10.3 Å². The van der Waals surface area contributed by atoms with Gasteiger partial charge in [-0.15, -0.1) is 17.3 Å². The van der Waals surface area contributed by atoms with Crippen LogP contribution in [0.25, 0.3) is 0 Å². The molecule has 1 aromatic heterocycles. The third-order valence-electron chi connectivity index (χ3n) is 1.61. The number of anilines is 1. The molecular weight excluding hydrogens is 194 g/mol. The lowest BCUT2D eigenvalue weighted by molar-refractivity contribution is 0.779. The average molecular weight is 209 g/mol. The number of thiazole rings is 1. The highest BCUT2D eigenvalue weighted by Crippen LogP contribution is 2.19. The average Bonchev–Trinajstić information content (AvgIpc) is 2.61. The number of nitrogens with zero attached hydrogens (tertiary/aromatic N) is 2. The number of hydrogen-bond acceptors (Lipinski definition) is 4. The molecule has 0 unspecified atom stereocenters. The molecule has 0 amide bonds. The van der Waals surface area contributed by atoms with Crippen molar-refractivity contribution in [3.63, 3.8) is 0 Å². The summed E-state index contributed by atoms with van der Waals surface area (Å²) in [6, 6.07) is 0. The van der Waals surface area contributed by atoms with Gasteiger partial charge in [-0.3, -0.25) is 0 Å². The van der Waals surface area contributed by atoms with Crippen molar-refractivity contribution in [2.24, 2.45) is 0 Å². The summed E-state index contributed by atoms with van der Waals surface area (Å²) in [7, 11) is 4.00. The Labute approximate surface area is 89.2 Å². The van der Waals surface area contributed by atoms with Gasteiger partial charge < -0.3 is 10.2 Å². The van der Waals surface area contributed by atoms with Gasteiger partial charge in [-0.1, -0.05) is 5.92 Å². The molecule has 0 aromatic carbocycles. The summed E-state index contributed by atoms with van der Waals surface area (Å²) >= 11 is 1.70. The van der Waals surface area contributed by atoms with Gasteiger partial charge in [0.05, 0.1) is 6.54 Å². The fraction of sp³-hybridized carbons (Fsp3) is 0.500. The molecule has 0 atom stereocenters. The Morgan fingerprint density at radius 2 is 2.36 bits per heavy atom. The Hall–Kier alpha value is -1.05. The van der Waals surface area contributed by atoms with Crippen LogP contribution in [0.1, 0.15) is 11.8 Å². The van der Waals surface area contributed by atoms with Crippen LogP contribution in [0.3, 0.4) is 0 Å². The van der Waals surface area contributed by atoms with E-state index in [-0.39, 0.29) is 0 Å². The van der Waals surface area contributed by atoms with E-state index in [1.165, 1.54) is 4.88 Å². The molecular formula is C10H15N3S. The van der Waals surface area contributed by atoms with E-state index in [2.05, 4.69) is 22.1 Å². The summed E-state index contributed by atoms with van der Waals surface area (Å²) < 4.78 is 0. The van der Waals surface area contributed by atoms with Crippen LogP contribution in [0.2, 0.25) is 0 Å². The molecule has 0 saturated heterocycles. The molecule has 0 saturated carbocycles. The zero-order valence-corrected chi connectivity index (χ0v) is 9.61. The standard InChI is InChI=1S/C10H15N3S/c1-4-5-6-11-7-9-8-12-10(14-9)13(2)3/h8,11H,6-7H2,1-3H3. The Morgan fingerprint density at radius 1 is 1.57 bits per heavy atom. The fourth-order valence-corrected chi connectivity index (χ4v) is 1.72. The van der Waals surface area contributed by atoms with Crippen LogP contribution in [-0.2, 0) is 6.54 Å². The van der Waals surface area contributed by atoms with Crippen molar-refractivity contribution in [1.29, 1.82) is 0 Å². The second-order valence-corrected chi connectivity index (χ2v) is 4.13. The minimum atomic E-state index is 0.742. The van der Waals surface area contributed by atoms with Gasteiger partial charge in [0.15, 0.2) is 5.13 Å². The minimum Gasteiger partial charge on any atom is -0.354 e. The summed E-state index contributed by atoms with van der Waals surface area (Å²) in [5.74, 6) is 5.81. The van der Waals surface area contributed by atoms with Gasteiger partial charge in [-0.05, 0) is 6.92 Å². The summed E-state index contributed by atoms with van der Waals surface area (Å²) in [5, 5.41) is 4.28. The first-order chi connectivity index (χ1) is 6.74. The van der Waals surface area contributed by atoms with E-state index in [9.17, 15) is 0 Å². The summed E-state index contributed by atoms with van der Waals surface area (Å²) in [6.45, 7) is 3.43. The van der Waals surface area contributed by atoms with E-state index in [4.69, 9.17) is 0 Å². The Bertz CT molecular complexity index is 333. The molecule has 0 aliphatic carbocycles. The predicted octanol–water partition coefficient (Wildman–Crippen LogP) is 1.32. The molecule has 1 heterocycles. The van der Waals surface area contributed by atoms with Gasteiger partial charge in [0, 0.05) is 31.7 Å². The molecule has 3 nitrogen and oxygen atoms in total. The quantitative estimate of drug-likeness (QED) is 0.599. The lowest BCUT2D eigenvalue weighted by Gasteiger charge is -2.05. The molecule has 4 heteroatoms. The van der Waals surface area contributed by atoms with Crippen LogP contribution in [0, 0.1) is 11.8 Å². The maximum absolute atomic E-state index is 4.28. The van der Waals surface area contributed by atoms with E-state index in [1.54, 1.807) is 11.3 Å². The van der Waals surface area contributed by atoms with E-state index in [0.29, 0.717) is 0 Å². The Balaban J connectivity index is 2.38. The molecule has 0 aliphatic rings. The Morgan fingerprint density at radius 3 is 2.93 bits per heavy atom. The zero-order chi connectivity index (χ0) is 10.4. The third kappa shape index (κ3) is 3.36. The third-order valence-corrected chi connectivity index (χ3v) is 2.78. The first kappa shape index (κ1) is 11.0. The second-order valence-electron chi connectivity index (χ2n) is 3.03. The largest absolute Gasteiger partial charge is 0.354 e. The van der Waals surface area contributed by atoms with Gasteiger partial charge in [0.1, 0.15) is 0 Å². The van der Waals surface area contributed by atoms with E-state index in [1.807, 2.05) is 32.1 Å². The van der Waals surface area contributed by atoms with Crippen LogP contribution in [-0.4, -0.2) is 25.6 Å². The van der Waals surface area contributed by atoms with Crippen LogP contribution >= 0.6 is 11.3 Å². The summed E-state index contributed by atoms with van der Waals surface area (Å²) in [5.41, 5.74) is 0. The van der Waals surface area contributed by atoms with Crippen molar-refractivity contribution < 1.29 is 0 Å². The SMILES string of the molecule is CC#CCNCc1cnc(N(C)C)s1. The maximum atomic E-state index is 4.28. The lowest BCUT2D eigenvalue weighted by atomic mass is 10.5.